The van der Waals surface area contributed by atoms with Gasteiger partial charge in [-0.05, 0) is 36.6 Å². The molecular formula is C18H21N3O2. The molecular weight excluding hydrogens is 290 g/mol. The lowest BCUT2D eigenvalue weighted by atomic mass is 9.76. The highest BCUT2D eigenvalue weighted by molar-refractivity contribution is 5.97. The summed E-state index contributed by atoms with van der Waals surface area (Å²) in [4.78, 5) is 16.4. The van der Waals surface area contributed by atoms with Crippen molar-refractivity contribution in [1.29, 1.82) is 0 Å². The lowest BCUT2D eigenvalue weighted by Gasteiger charge is -2.27. The number of amides is 1. The zero-order valence-electron chi connectivity index (χ0n) is 13.3. The SMILES string of the molecule is COc1ccc(C[C@@](C)(C(=O)N=C(N)N)c2ccccc2)cc1. The van der Waals surface area contributed by atoms with Gasteiger partial charge in [0.2, 0.25) is 0 Å². The van der Waals surface area contributed by atoms with Crippen LogP contribution in [0.4, 0.5) is 0 Å². The predicted octanol–water partition coefficient (Wildman–Crippen LogP) is 2.00. The minimum Gasteiger partial charge on any atom is -0.497 e. The van der Waals surface area contributed by atoms with E-state index in [-0.39, 0.29) is 11.9 Å². The average Bonchev–Trinajstić information content (AvgIpc) is 2.55. The van der Waals surface area contributed by atoms with Crippen molar-refractivity contribution in [3.8, 4) is 5.75 Å². The first-order valence-corrected chi connectivity index (χ1v) is 7.28. The number of methoxy groups -OCH3 is 1. The van der Waals surface area contributed by atoms with E-state index >= 15 is 0 Å². The van der Waals surface area contributed by atoms with Crippen LogP contribution in [0.5, 0.6) is 5.75 Å². The van der Waals surface area contributed by atoms with E-state index in [1.807, 2.05) is 61.5 Å². The fourth-order valence-corrected chi connectivity index (χ4v) is 2.50. The number of carbonyl (C=O) groups is 1. The fourth-order valence-electron chi connectivity index (χ4n) is 2.50. The Morgan fingerprint density at radius 3 is 2.22 bits per heavy atom. The molecule has 5 nitrogen and oxygen atoms in total. The predicted molar refractivity (Wildman–Crippen MR) is 91.3 cm³/mol. The summed E-state index contributed by atoms with van der Waals surface area (Å²) in [6.07, 6.45) is 0.483. The van der Waals surface area contributed by atoms with Crippen molar-refractivity contribution in [2.75, 3.05) is 7.11 Å². The van der Waals surface area contributed by atoms with Gasteiger partial charge in [0.05, 0.1) is 12.5 Å². The molecule has 5 heteroatoms. The van der Waals surface area contributed by atoms with Crippen LogP contribution in [0.2, 0.25) is 0 Å². The van der Waals surface area contributed by atoms with Gasteiger partial charge in [0, 0.05) is 0 Å². The van der Waals surface area contributed by atoms with E-state index in [0.717, 1.165) is 16.9 Å². The topological polar surface area (TPSA) is 90.7 Å². The van der Waals surface area contributed by atoms with Crippen molar-refractivity contribution in [1.82, 2.24) is 0 Å². The van der Waals surface area contributed by atoms with E-state index in [1.165, 1.54) is 0 Å². The van der Waals surface area contributed by atoms with Gasteiger partial charge in [0.25, 0.3) is 5.91 Å². The second-order valence-electron chi connectivity index (χ2n) is 5.56. The molecule has 0 unspecified atom stereocenters. The van der Waals surface area contributed by atoms with Crippen molar-refractivity contribution in [2.24, 2.45) is 16.5 Å². The Labute approximate surface area is 136 Å². The van der Waals surface area contributed by atoms with Crippen LogP contribution in [0.15, 0.2) is 59.6 Å². The van der Waals surface area contributed by atoms with Crippen molar-refractivity contribution < 1.29 is 9.53 Å². The third-order valence-electron chi connectivity index (χ3n) is 3.83. The first kappa shape index (κ1) is 16.5. The largest absolute Gasteiger partial charge is 0.497 e. The monoisotopic (exact) mass is 311 g/mol. The molecule has 0 saturated carbocycles. The highest BCUT2D eigenvalue weighted by Gasteiger charge is 2.35. The standard InChI is InChI=1S/C18H21N3O2/c1-18(16(22)21-17(19)20,14-6-4-3-5-7-14)12-13-8-10-15(23-2)11-9-13/h3-11H,12H2,1-2H3,(H4,19,20,21,22)/t18-/m1/s1. The van der Waals surface area contributed by atoms with Crippen molar-refractivity contribution in [3.63, 3.8) is 0 Å². The molecule has 0 fully saturated rings. The Morgan fingerprint density at radius 2 is 1.70 bits per heavy atom. The summed E-state index contributed by atoms with van der Waals surface area (Å²) in [5, 5.41) is 0. The van der Waals surface area contributed by atoms with E-state index in [2.05, 4.69) is 4.99 Å². The molecule has 0 bridgehead atoms. The first-order chi connectivity index (χ1) is 11.0. The van der Waals surface area contributed by atoms with Crippen LogP contribution in [-0.4, -0.2) is 19.0 Å². The molecule has 1 atom stereocenters. The maximum Gasteiger partial charge on any atom is 0.259 e. The molecule has 0 radical (unpaired) electrons. The van der Waals surface area contributed by atoms with Crippen molar-refractivity contribution in [3.05, 3.63) is 65.7 Å². The lowest BCUT2D eigenvalue weighted by molar-refractivity contribution is -0.122. The Morgan fingerprint density at radius 1 is 1.09 bits per heavy atom. The third kappa shape index (κ3) is 3.88. The number of benzene rings is 2. The van der Waals surface area contributed by atoms with E-state index in [1.54, 1.807) is 7.11 Å². The normalized spacial score (nSPS) is 13.0. The van der Waals surface area contributed by atoms with E-state index in [9.17, 15) is 4.79 Å². The van der Waals surface area contributed by atoms with E-state index in [4.69, 9.17) is 16.2 Å². The number of hydrogen-bond donors (Lipinski definition) is 2. The van der Waals surface area contributed by atoms with Gasteiger partial charge < -0.3 is 16.2 Å². The Bertz CT molecular complexity index is 692. The van der Waals surface area contributed by atoms with Crippen LogP contribution in [0.25, 0.3) is 0 Å². The second-order valence-corrected chi connectivity index (χ2v) is 5.56. The van der Waals surface area contributed by atoms with Crippen LogP contribution >= 0.6 is 0 Å². The quantitative estimate of drug-likeness (QED) is 0.652. The van der Waals surface area contributed by atoms with Crippen molar-refractivity contribution in [2.45, 2.75) is 18.8 Å². The lowest BCUT2D eigenvalue weighted by Crippen LogP contribution is -2.36. The summed E-state index contributed by atoms with van der Waals surface area (Å²) in [7, 11) is 1.62. The number of hydrogen-bond acceptors (Lipinski definition) is 2. The van der Waals surface area contributed by atoms with Gasteiger partial charge in [-0.25, -0.2) is 0 Å². The summed E-state index contributed by atoms with van der Waals surface area (Å²) < 4.78 is 5.16. The first-order valence-electron chi connectivity index (χ1n) is 7.28. The molecule has 0 aliphatic carbocycles. The summed E-state index contributed by atoms with van der Waals surface area (Å²) >= 11 is 0. The summed E-state index contributed by atoms with van der Waals surface area (Å²) in [5.41, 5.74) is 11.8. The van der Waals surface area contributed by atoms with Gasteiger partial charge in [0.1, 0.15) is 5.75 Å². The molecule has 2 rings (SSSR count). The summed E-state index contributed by atoms with van der Waals surface area (Å²) in [5.74, 6) is 0.178. The van der Waals surface area contributed by atoms with Crippen LogP contribution in [0.1, 0.15) is 18.1 Å². The highest BCUT2D eigenvalue weighted by atomic mass is 16.5. The molecule has 0 heterocycles. The average molecular weight is 311 g/mol. The summed E-state index contributed by atoms with van der Waals surface area (Å²) in [6, 6.07) is 17.1. The molecule has 2 aromatic carbocycles. The third-order valence-corrected chi connectivity index (χ3v) is 3.83. The number of aliphatic imine (C=N–C) groups is 1. The Balaban J connectivity index is 2.40. The minimum atomic E-state index is -0.847. The number of nitrogens with two attached hydrogens (primary N) is 2. The van der Waals surface area contributed by atoms with E-state index < -0.39 is 5.41 Å². The van der Waals surface area contributed by atoms with Crippen LogP contribution < -0.4 is 16.2 Å². The zero-order chi connectivity index (χ0) is 16.9. The smallest absolute Gasteiger partial charge is 0.259 e. The fraction of sp³-hybridized carbons (Fsp3) is 0.222. The van der Waals surface area contributed by atoms with E-state index in [0.29, 0.717) is 6.42 Å². The Hall–Kier alpha value is -2.82. The maximum absolute atomic E-state index is 12.6. The molecule has 1 amide bonds. The summed E-state index contributed by atoms with van der Waals surface area (Å²) in [6.45, 7) is 1.85. The molecule has 0 aliphatic rings. The maximum atomic E-state index is 12.6. The van der Waals surface area contributed by atoms with Crippen LogP contribution in [-0.2, 0) is 16.6 Å². The van der Waals surface area contributed by atoms with Gasteiger partial charge in [-0.15, -0.1) is 0 Å². The Kier molecular flexibility index (Phi) is 5.01. The van der Waals surface area contributed by atoms with Gasteiger partial charge in [-0.1, -0.05) is 42.5 Å². The minimum absolute atomic E-state index is 0.230. The molecule has 0 spiro atoms. The van der Waals surface area contributed by atoms with Gasteiger partial charge >= 0.3 is 0 Å². The highest BCUT2D eigenvalue weighted by Crippen LogP contribution is 2.30. The number of nitrogens with zero attached hydrogens (tertiary/aromatic N) is 1. The number of ether oxygens (including phenoxy) is 1. The molecule has 0 saturated heterocycles. The molecule has 2 aromatic rings. The van der Waals surface area contributed by atoms with Crippen LogP contribution in [0.3, 0.4) is 0 Å². The second kappa shape index (κ2) is 6.96. The number of rotatable bonds is 5. The molecule has 4 N–H and O–H groups in total. The molecule has 120 valence electrons. The molecule has 0 aliphatic heterocycles. The van der Waals surface area contributed by atoms with Gasteiger partial charge in [-0.3, -0.25) is 4.79 Å². The van der Waals surface area contributed by atoms with Crippen molar-refractivity contribution >= 4 is 11.9 Å². The van der Waals surface area contributed by atoms with Gasteiger partial charge in [-0.2, -0.15) is 4.99 Å². The number of guanidine groups is 1. The van der Waals surface area contributed by atoms with Gasteiger partial charge in [0.15, 0.2) is 5.96 Å². The molecule has 0 aromatic heterocycles. The number of carbonyl (C=O) groups excluding carboxylic acids is 1. The van der Waals surface area contributed by atoms with Crippen LogP contribution in [0, 0.1) is 0 Å². The zero-order valence-corrected chi connectivity index (χ0v) is 13.3. The molecule has 23 heavy (non-hydrogen) atoms.